The van der Waals surface area contributed by atoms with Gasteiger partial charge in [0.2, 0.25) is 5.91 Å². The van der Waals surface area contributed by atoms with Gasteiger partial charge in [-0.1, -0.05) is 47.6 Å². The van der Waals surface area contributed by atoms with Crippen LogP contribution in [0.1, 0.15) is 16.7 Å². The van der Waals surface area contributed by atoms with E-state index in [-0.39, 0.29) is 22.2 Å². The van der Waals surface area contributed by atoms with E-state index in [0.29, 0.717) is 11.6 Å². The van der Waals surface area contributed by atoms with Gasteiger partial charge in [-0.15, -0.1) is 0 Å². The molecule has 3 rings (SSSR count). The zero-order chi connectivity index (χ0) is 20.1. The van der Waals surface area contributed by atoms with Crippen molar-refractivity contribution in [3.63, 3.8) is 0 Å². The minimum atomic E-state index is -0.241. The third-order valence-electron chi connectivity index (χ3n) is 4.35. The highest BCUT2D eigenvalue weighted by Gasteiger charge is 2.11. The van der Waals surface area contributed by atoms with Crippen molar-refractivity contribution in [3.8, 4) is 5.69 Å². The summed E-state index contributed by atoms with van der Waals surface area (Å²) < 4.78 is 1.55. The molecule has 3 aromatic rings. The van der Waals surface area contributed by atoms with Gasteiger partial charge in [-0.05, 0) is 48.7 Å². The molecule has 0 radical (unpaired) electrons. The first-order valence-corrected chi connectivity index (χ1v) is 10.1. The van der Waals surface area contributed by atoms with Gasteiger partial charge in [0, 0.05) is 29.6 Å². The fourth-order valence-corrected chi connectivity index (χ4v) is 3.52. The van der Waals surface area contributed by atoms with Crippen molar-refractivity contribution < 1.29 is 4.79 Å². The maximum atomic E-state index is 12.7. The Hall–Kier alpha value is -2.57. The Morgan fingerprint density at radius 1 is 1.18 bits per heavy atom. The molecule has 0 saturated carbocycles. The van der Waals surface area contributed by atoms with Crippen molar-refractivity contribution >= 4 is 29.3 Å². The Balaban J connectivity index is 1.66. The summed E-state index contributed by atoms with van der Waals surface area (Å²) in [5.41, 5.74) is 3.65. The van der Waals surface area contributed by atoms with Gasteiger partial charge in [0.05, 0.1) is 5.75 Å². The van der Waals surface area contributed by atoms with Crippen LogP contribution in [0.4, 0.5) is 0 Å². The van der Waals surface area contributed by atoms with E-state index >= 15 is 0 Å². The minimum Gasteiger partial charge on any atom is -0.351 e. The summed E-state index contributed by atoms with van der Waals surface area (Å²) in [6, 6.07) is 13.2. The number of hydrogen-bond donors (Lipinski definition) is 1. The SMILES string of the molecule is Cc1ccc(-n2ccnc(SCC(=O)NCc3ccccc3Cl)c2=O)cc1C. The second-order valence-corrected chi connectivity index (χ2v) is 7.70. The third kappa shape index (κ3) is 4.82. The number of amides is 1. The van der Waals surface area contributed by atoms with Crippen LogP contribution in [0.2, 0.25) is 5.02 Å². The molecule has 0 aliphatic carbocycles. The summed E-state index contributed by atoms with van der Waals surface area (Å²) in [6.07, 6.45) is 3.20. The molecule has 5 nitrogen and oxygen atoms in total. The number of nitrogens with one attached hydrogen (secondary N) is 1. The zero-order valence-corrected chi connectivity index (χ0v) is 17.2. The molecule has 1 N–H and O–H groups in total. The number of benzene rings is 2. The van der Waals surface area contributed by atoms with E-state index in [0.717, 1.165) is 34.1 Å². The number of hydrogen-bond acceptors (Lipinski definition) is 4. The molecule has 0 bridgehead atoms. The van der Waals surface area contributed by atoms with E-state index in [1.54, 1.807) is 23.0 Å². The van der Waals surface area contributed by atoms with Crippen molar-refractivity contribution in [1.82, 2.24) is 14.9 Å². The smallest absolute Gasteiger partial charge is 0.287 e. The maximum absolute atomic E-state index is 12.7. The van der Waals surface area contributed by atoms with Gasteiger partial charge in [-0.3, -0.25) is 14.2 Å². The summed E-state index contributed by atoms with van der Waals surface area (Å²) in [4.78, 5) is 29.0. The second-order valence-electron chi connectivity index (χ2n) is 6.33. The largest absolute Gasteiger partial charge is 0.351 e. The molecule has 0 aliphatic rings. The first-order valence-electron chi connectivity index (χ1n) is 8.74. The molecule has 144 valence electrons. The summed E-state index contributed by atoms with van der Waals surface area (Å²) in [6.45, 7) is 4.37. The molecule has 0 unspecified atom stereocenters. The molecular formula is C21H20ClN3O2S. The van der Waals surface area contributed by atoms with Gasteiger partial charge in [0.25, 0.3) is 5.56 Å². The highest BCUT2D eigenvalue weighted by atomic mass is 35.5. The number of carbonyl (C=O) groups is 1. The van der Waals surface area contributed by atoms with E-state index in [9.17, 15) is 9.59 Å². The van der Waals surface area contributed by atoms with Gasteiger partial charge in [-0.2, -0.15) is 0 Å². The van der Waals surface area contributed by atoms with Crippen LogP contribution in [0.3, 0.4) is 0 Å². The molecule has 0 spiro atoms. The predicted octanol–water partition coefficient (Wildman–Crippen LogP) is 3.91. The number of nitrogens with zero attached hydrogens (tertiary/aromatic N) is 2. The average Bonchev–Trinajstić information content (AvgIpc) is 2.69. The van der Waals surface area contributed by atoms with Crippen molar-refractivity contribution in [2.24, 2.45) is 0 Å². The summed E-state index contributed by atoms with van der Waals surface area (Å²) in [7, 11) is 0. The van der Waals surface area contributed by atoms with Crippen LogP contribution >= 0.6 is 23.4 Å². The molecule has 0 atom stereocenters. The Morgan fingerprint density at radius 3 is 2.71 bits per heavy atom. The van der Waals surface area contributed by atoms with Crippen molar-refractivity contribution in [3.05, 3.63) is 86.9 Å². The summed E-state index contributed by atoms with van der Waals surface area (Å²) in [5, 5.41) is 3.70. The molecule has 0 fully saturated rings. The van der Waals surface area contributed by atoms with Gasteiger partial charge in [-0.25, -0.2) is 4.98 Å². The Bertz CT molecular complexity index is 1070. The van der Waals surface area contributed by atoms with Crippen LogP contribution in [-0.2, 0) is 11.3 Å². The van der Waals surface area contributed by atoms with Gasteiger partial charge in [0.15, 0.2) is 5.03 Å². The molecule has 1 heterocycles. The van der Waals surface area contributed by atoms with Gasteiger partial charge >= 0.3 is 0 Å². The lowest BCUT2D eigenvalue weighted by Gasteiger charge is -2.10. The topological polar surface area (TPSA) is 64.0 Å². The van der Waals surface area contributed by atoms with Crippen molar-refractivity contribution in [2.45, 2.75) is 25.4 Å². The molecule has 1 aromatic heterocycles. The van der Waals surface area contributed by atoms with Crippen LogP contribution in [0.5, 0.6) is 0 Å². The quantitative estimate of drug-likeness (QED) is 0.622. The molecule has 0 saturated heterocycles. The summed E-state index contributed by atoms with van der Waals surface area (Å²) in [5.74, 6) is -0.0865. The fraction of sp³-hybridized carbons (Fsp3) is 0.190. The number of rotatable bonds is 6. The molecule has 28 heavy (non-hydrogen) atoms. The Labute approximate surface area is 172 Å². The fourth-order valence-electron chi connectivity index (χ4n) is 2.59. The molecular weight excluding hydrogens is 394 g/mol. The zero-order valence-electron chi connectivity index (χ0n) is 15.6. The number of thioether (sulfide) groups is 1. The number of aryl methyl sites for hydroxylation is 2. The lowest BCUT2D eigenvalue weighted by Crippen LogP contribution is -2.26. The first-order chi connectivity index (χ1) is 13.5. The maximum Gasteiger partial charge on any atom is 0.287 e. The van der Waals surface area contributed by atoms with Gasteiger partial charge in [0.1, 0.15) is 0 Å². The van der Waals surface area contributed by atoms with Crippen LogP contribution in [0, 0.1) is 13.8 Å². The van der Waals surface area contributed by atoms with E-state index in [2.05, 4.69) is 10.3 Å². The Morgan fingerprint density at radius 2 is 1.96 bits per heavy atom. The minimum absolute atomic E-state index is 0.101. The molecule has 7 heteroatoms. The van der Waals surface area contributed by atoms with E-state index < -0.39 is 0 Å². The average molecular weight is 414 g/mol. The van der Waals surface area contributed by atoms with Gasteiger partial charge < -0.3 is 5.32 Å². The predicted molar refractivity (Wildman–Crippen MR) is 113 cm³/mol. The number of aromatic nitrogens is 2. The van der Waals surface area contributed by atoms with Crippen molar-refractivity contribution in [2.75, 3.05) is 5.75 Å². The monoisotopic (exact) mass is 413 g/mol. The lowest BCUT2D eigenvalue weighted by molar-refractivity contribution is -0.118. The normalized spacial score (nSPS) is 10.7. The van der Waals surface area contributed by atoms with Crippen LogP contribution in [0.15, 0.2) is 64.7 Å². The number of halogens is 1. The van der Waals surface area contributed by atoms with Crippen LogP contribution < -0.4 is 10.9 Å². The van der Waals surface area contributed by atoms with E-state index in [1.165, 1.54) is 0 Å². The number of carbonyl (C=O) groups excluding carboxylic acids is 1. The lowest BCUT2D eigenvalue weighted by atomic mass is 10.1. The second kappa shape index (κ2) is 9.08. The molecule has 2 aromatic carbocycles. The summed E-state index contributed by atoms with van der Waals surface area (Å²) >= 11 is 7.21. The first kappa shape index (κ1) is 20.2. The highest BCUT2D eigenvalue weighted by molar-refractivity contribution is 7.99. The Kier molecular flexibility index (Phi) is 6.54. The van der Waals surface area contributed by atoms with Crippen LogP contribution in [0.25, 0.3) is 5.69 Å². The third-order valence-corrected chi connectivity index (χ3v) is 5.68. The molecule has 0 aliphatic heterocycles. The highest BCUT2D eigenvalue weighted by Crippen LogP contribution is 2.16. The molecule has 1 amide bonds. The van der Waals surface area contributed by atoms with Crippen LogP contribution in [-0.4, -0.2) is 21.2 Å². The van der Waals surface area contributed by atoms with E-state index in [4.69, 9.17) is 11.6 Å². The van der Waals surface area contributed by atoms with E-state index in [1.807, 2.05) is 50.2 Å². The van der Waals surface area contributed by atoms with Crippen molar-refractivity contribution in [1.29, 1.82) is 0 Å². The standard InChI is InChI=1S/C21H20ClN3O2S/c1-14-7-8-17(11-15(14)2)25-10-9-23-20(21(25)27)28-13-19(26)24-12-16-5-3-4-6-18(16)22/h3-11H,12-13H2,1-2H3,(H,24,26).